The summed E-state index contributed by atoms with van der Waals surface area (Å²) in [7, 11) is 0. The molecule has 1 unspecified atom stereocenters. The molecule has 1 aliphatic rings. The number of hydrogen-bond donors (Lipinski definition) is 2. The van der Waals surface area contributed by atoms with Crippen molar-refractivity contribution in [1.29, 1.82) is 0 Å². The Balaban J connectivity index is 0.00000225. The second-order valence-corrected chi connectivity index (χ2v) is 6.52. The average molecular weight is 361 g/mol. The first kappa shape index (κ1) is 19.3. The number of ether oxygens (including phenoxy) is 1. The molecule has 0 aliphatic heterocycles. The van der Waals surface area contributed by atoms with E-state index in [0.717, 1.165) is 5.56 Å². The maximum Gasteiger partial charge on any atom is 0.251 e. The van der Waals surface area contributed by atoms with Gasteiger partial charge in [-0.05, 0) is 49.4 Å². The van der Waals surface area contributed by atoms with Crippen molar-refractivity contribution in [2.75, 3.05) is 6.54 Å². The van der Waals surface area contributed by atoms with Crippen LogP contribution in [-0.2, 0) is 6.61 Å². The maximum absolute atomic E-state index is 12.2. The van der Waals surface area contributed by atoms with Gasteiger partial charge in [-0.15, -0.1) is 12.4 Å². The number of nitrogens with two attached hydrogens (primary N) is 1. The van der Waals surface area contributed by atoms with Gasteiger partial charge in [-0.1, -0.05) is 35.9 Å². The second-order valence-electron chi connectivity index (χ2n) is 6.52. The fraction of sp³-hybridized carbons (Fsp3) is 0.350. The second kappa shape index (κ2) is 8.88. The number of amides is 1. The fourth-order valence-electron chi connectivity index (χ4n) is 2.70. The molecule has 134 valence electrons. The molecule has 3 rings (SSSR count). The van der Waals surface area contributed by atoms with Crippen LogP contribution in [0.1, 0.15) is 34.3 Å². The van der Waals surface area contributed by atoms with Crippen LogP contribution in [0.3, 0.4) is 0 Å². The first-order valence-corrected chi connectivity index (χ1v) is 8.44. The zero-order chi connectivity index (χ0) is 16.9. The number of rotatable bonds is 7. The average Bonchev–Trinajstić information content (AvgIpc) is 3.43. The number of benzene rings is 2. The van der Waals surface area contributed by atoms with Crippen LogP contribution in [0.4, 0.5) is 0 Å². The highest BCUT2D eigenvalue weighted by atomic mass is 35.5. The Kier molecular flexibility index (Phi) is 6.85. The molecule has 1 aliphatic carbocycles. The van der Waals surface area contributed by atoms with E-state index in [2.05, 4.69) is 24.4 Å². The predicted molar refractivity (Wildman–Crippen MR) is 102 cm³/mol. The third kappa shape index (κ3) is 5.76. The molecule has 3 N–H and O–H groups in total. The van der Waals surface area contributed by atoms with Gasteiger partial charge in [0.05, 0.1) is 0 Å². The van der Waals surface area contributed by atoms with Crippen molar-refractivity contribution < 1.29 is 9.53 Å². The van der Waals surface area contributed by atoms with Crippen molar-refractivity contribution in [3.8, 4) is 5.75 Å². The number of carbonyl (C=O) groups is 1. The summed E-state index contributed by atoms with van der Waals surface area (Å²) < 4.78 is 5.81. The van der Waals surface area contributed by atoms with E-state index in [1.54, 1.807) is 12.1 Å². The molecule has 1 saturated carbocycles. The minimum absolute atomic E-state index is 0. The van der Waals surface area contributed by atoms with Crippen LogP contribution >= 0.6 is 12.4 Å². The Morgan fingerprint density at radius 1 is 1.24 bits per heavy atom. The Morgan fingerprint density at radius 2 is 2.00 bits per heavy atom. The normalized spacial score (nSPS) is 14.3. The van der Waals surface area contributed by atoms with Gasteiger partial charge in [0.2, 0.25) is 0 Å². The number of nitrogens with one attached hydrogen (secondary N) is 1. The lowest BCUT2D eigenvalue weighted by Crippen LogP contribution is -2.38. The topological polar surface area (TPSA) is 64.3 Å². The molecular formula is C20H25ClN2O2. The lowest BCUT2D eigenvalue weighted by Gasteiger charge is -2.12. The first-order chi connectivity index (χ1) is 11.6. The standard InChI is InChI=1S/C20H24N2O2.ClH/c1-14-4-2-5-15(10-14)13-24-18-7-3-6-17(11-18)20(23)22-12-19(21)16-8-9-16;/h2-7,10-11,16,19H,8-9,12-13,21H2,1H3,(H,22,23);1H. The Hall–Kier alpha value is -2.04. The van der Waals surface area contributed by atoms with Crippen molar-refractivity contribution in [3.05, 3.63) is 65.2 Å². The van der Waals surface area contributed by atoms with Crippen LogP contribution < -0.4 is 15.8 Å². The van der Waals surface area contributed by atoms with Gasteiger partial charge in [0.1, 0.15) is 12.4 Å². The molecule has 0 bridgehead atoms. The van der Waals surface area contributed by atoms with Gasteiger partial charge in [-0.2, -0.15) is 0 Å². The van der Waals surface area contributed by atoms with Crippen LogP contribution in [0.5, 0.6) is 5.75 Å². The summed E-state index contributed by atoms with van der Waals surface area (Å²) in [5.41, 5.74) is 8.93. The first-order valence-electron chi connectivity index (χ1n) is 8.44. The van der Waals surface area contributed by atoms with Gasteiger partial charge in [-0.25, -0.2) is 0 Å². The summed E-state index contributed by atoms with van der Waals surface area (Å²) >= 11 is 0. The van der Waals surface area contributed by atoms with Crippen molar-refractivity contribution in [2.24, 2.45) is 11.7 Å². The predicted octanol–water partition coefficient (Wildman–Crippen LogP) is 3.46. The van der Waals surface area contributed by atoms with E-state index in [1.807, 2.05) is 24.3 Å². The fourth-order valence-corrected chi connectivity index (χ4v) is 2.70. The largest absolute Gasteiger partial charge is 0.489 e. The molecule has 4 nitrogen and oxygen atoms in total. The third-order valence-corrected chi connectivity index (χ3v) is 4.31. The zero-order valence-electron chi connectivity index (χ0n) is 14.4. The highest BCUT2D eigenvalue weighted by Crippen LogP contribution is 2.31. The van der Waals surface area contributed by atoms with E-state index < -0.39 is 0 Å². The SMILES string of the molecule is Cc1cccc(COc2cccc(C(=O)NCC(N)C3CC3)c2)c1.Cl. The van der Waals surface area contributed by atoms with Crippen LogP contribution in [0.25, 0.3) is 0 Å². The van der Waals surface area contributed by atoms with E-state index in [1.165, 1.54) is 18.4 Å². The molecular weight excluding hydrogens is 336 g/mol. The Labute approximate surface area is 155 Å². The molecule has 0 heterocycles. The smallest absolute Gasteiger partial charge is 0.251 e. The summed E-state index contributed by atoms with van der Waals surface area (Å²) in [5, 5.41) is 2.91. The molecule has 0 aromatic heterocycles. The molecule has 1 amide bonds. The van der Waals surface area contributed by atoms with Crippen molar-refractivity contribution in [3.63, 3.8) is 0 Å². The minimum atomic E-state index is -0.105. The number of carbonyl (C=O) groups excluding carboxylic acids is 1. The quantitative estimate of drug-likeness (QED) is 0.794. The highest BCUT2D eigenvalue weighted by molar-refractivity contribution is 5.94. The molecule has 0 saturated heterocycles. The Bertz CT molecular complexity index is 716. The zero-order valence-corrected chi connectivity index (χ0v) is 15.2. The van der Waals surface area contributed by atoms with Crippen molar-refractivity contribution >= 4 is 18.3 Å². The number of halogens is 1. The number of hydrogen-bond acceptors (Lipinski definition) is 3. The number of aryl methyl sites for hydroxylation is 1. The van der Waals surface area contributed by atoms with Gasteiger partial charge in [0, 0.05) is 18.2 Å². The molecule has 1 fully saturated rings. The minimum Gasteiger partial charge on any atom is -0.489 e. The summed E-state index contributed by atoms with van der Waals surface area (Å²) in [6.07, 6.45) is 2.36. The maximum atomic E-state index is 12.2. The van der Waals surface area contributed by atoms with E-state index in [0.29, 0.717) is 30.4 Å². The van der Waals surface area contributed by atoms with Gasteiger partial charge < -0.3 is 15.8 Å². The van der Waals surface area contributed by atoms with Gasteiger partial charge >= 0.3 is 0 Å². The lowest BCUT2D eigenvalue weighted by molar-refractivity contribution is 0.0950. The van der Waals surface area contributed by atoms with Crippen LogP contribution in [0, 0.1) is 12.8 Å². The van der Waals surface area contributed by atoms with Crippen molar-refractivity contribution in [2.45, 2.75) is 32.4 Å². The summed E-state index contributed by atoms with van der Waals surface area (Å²) in [5.74, 6) is 1.16. The monoisotopic (exact) mass is 360 g/mol. The van der Waals surface area contributed by atoms with Gasteiger partial charge in [0.15, 0.2) is 0 Å². The third-order valence-electron chi connectivity index (χ3n) is 4.31. The summed E-state index contributed by atoms with van der Waals surface area (Å²) in [6.45, 7) is 3.07. The molecule has 2 aromatic rings. The molecule has 0 spiro atoms. The summed E-state index contributed by atoms with van der Waals surface area (Å²) in [4.78, 5) is 12.2. The lowest BCUT2D eigenvalue weighted by atomic mass is 10.1. The molecule has 2 aromatic carbocycles. The van der Waals surface area contributed by atoms with Gasteiger partial charge in [-0.3, -0.25) is 4.79 Å². The van der Waals surface area contributed by atoms with E-state index in [4.69, 9.17) is 10.5 Å². The molecule has 1 atom stereocenters. The van der Waals surface area contributed by atoms with E-state index in [9.17, 15) is 4.79 Å². The van der Waals surface area contributed by atoms with E-state index >= 15 is 0 Å². The van der Waals surface area contributed by atoms with Crippen molar-refractivity contribution in [1.82, 2.24) is 5.32 Å². The van der Waals surface area contributed by atoms with Gasteiger partial charge in [0.25, 0.3) is 5.91 Å². The molecule has 0 radical (unpaired) electrons. The molecule has 25 heavy (non-hydrogen) atoms. The molecule has 5 heteroatoms. The summed E-state index contributed by atoms with van der Waals surface area (Å²) in [6, 6.07) is 15.5. The van der Waals surface area contributed by atoms with Crippen LogP contribution in [-0.4, -0.2) is 18.5 Å². The Morgan fingerprint density at radius 3 is 2.72 bits per heavy atom. The highest BCUT2D eigenvalue weighted by Gasteiger charge is 2.28. The van der Waals surface area contributed by atoms with Crippen LogP contribution in [0.2, 0.25) is 0 Å². The van der Waals surface area contributed by atoms with Crippen LogP contribution in [0.15, 0.2) is 48.5 Å². The van der Waals surface area contributed by atoms with E-state index in [-0.39, 0.29) is 24.4 Å².